The quantitative estimate of drug-likeness (QED) is 0.707. The van der Waals surface area contributed by atoms with E-state index in [4.69, 9.17) is 0 Å². The Morgan fingerprint density at radius 3 is 2.45 bits per heavy atom. The lowest BCUT2D eigenvalue weighted by Gasteiger charge is -2.18. The lowest BCUT2D eigenvalue weighted by Crippen LogP contribution is -2.26. The summed E-state index contributed by atoms with van der Waals surface area (Å²) in [5.74, 6) is 2.15. The summed E-state index contributed by atoms with van der Waals surface area (Å²) in [5.41, 5.74) is 3.10. The van der Waals surface area contributed by atoms with Gasteiger partial charge in [0.05, 0.1) is 0 Å². The Labute approximate surface area is 145 Å². The predicted molar refractivity (Wildman–Crippen MR) is 98.2 cm³/mol. The van der Waals surface area contributed by atoms with E-state index in [1.54, 1.807) is 4.90 Å². The number of carbonyl (C=O) groups is 1. The molecule has 2 aromatic rings. The van der Waals surface area contributed by atoms with E-state index >= 15 is 0 Å². The number of hydrogen-bond donors (Lipinski definition) is 0. The van der Waals surface area contributed by atoms with Crippen LogP contribution < -0.4 is 0 Å². The van der Waals surface area contributed by atoms with Crippen molar-refractivity contribution in [1.29, 1.82) is 0 Å². The lowest BCUT2D eigenvalue weighted by molar-refractivity contribution is 0.0785. The normalized spacial score (nSPS) is 10.5. The highest BCUT2D eigenvalue weighted by Crippen LogP contribution is 2.19. The van der Waals surface area contributed by atoms with E-state index in [-0.39, 0.29) is 5.91 Å². The zero-order valence-corrected chi connectivity index (χ0v) is 15.3. The van der Waals surface area contributed by atoms with Crippen LogP contribution in [-0.4, -0.2) is 23.6 Å². The van der Waals surface area contributed by atoms with Gasteiger partial charge in [-0.25, -0.2) is 0 Å². The van der Waals surface area contributed by atoms with Crippen LogP contribution in [0.3, 0.4) is 0 Å². The number of nitrogens with zero attached hydrogens (tertiary/aromatic N) is 1. The maximum atomic E-state index is 12.5. The minimum Gasteiger partial charge on any atom is -0.337 e. The van der Waals surface area contributed by atoms with E-state index in [0.717, 1.165) is 27.1 Å². The monoisotopic (exact) mass is 377 g/mol. The van der Waals surface area contributed by atoms with Gasteiger partial charge in [0.1, 0.15) is 0 Å². The van der Waals surface area contributed by atoms with Crippen molar-refractivity contribution in [3.05, 3.63) is 69.7 Å². The molecule has 0 aliphatic heterocycles. The third-order valence-corrected chi connectivity index (χ3v) is 5.11. The average Bonchev–Trinajstić information content (AvgIpc) is 2.55. The van der Waals surface area contributed by atoms with Gasteiger partial charge >= 0.3 is 0 Å². The Kier molecular flexibility index (Phi) is 6.52. The SMILES string of the molecule is CCSCc1ccc(C(=O)N(C)Cc2ccccc2Br)cc1. The fourth-order valence-electron chi connectivity index (χ4n) is 2.14. The number of hydrogen-bond acceptors (Lipinski definition) is 2. The van der Waals surface area contributed by atoms with Gasteiger partial charge in [-0.3, -0.25) is 4.79 Å². The molecule has 2 nitrogen and oxygen atoms in total. The molecule has 0 spiro atoms. The van der Waals surface area contributed by atoms with Gasteiger partial charge < -0.3 is 4.90 Å². The van der Waals surface area contributed by atoms with E-state index in [2.05, 4.69) is 22.9 Å². The molecule has 4 heteroatoms. The van der Waals surface area contributed by atoms with Gasteiger partial charge in [-0.1, -0.05) is 53.2 Å². The average molecular weight is 378 g/mol. The Balaban J connectivity index is 2.02. The highest BCUT2D eigenvalue weighted by atomic mass is 79.9. The summed E-state index contributed by atoms with van der Waals surface area (Å²) < 4.78 is 1.03. The van der Waals surface area contributed by atoms with Crippen molar-refractivity contribution in [3.8, 4) is 0 Å². The van der Waals surface area contributed by atoms with Crippen molar-refractivity contribution in [2.75, 3.05) is 12.8 Å². The highest BCUT2D eigenvalue weighted by Gasteiger charge is 2.13. The highest BCUT2D eigenvalue weighted by molar-refractivity contribution is 9.10. The zero-order valence-electron chi connectivity index (χ0n) is 12.9. The van der Waals surface area contributed by atoms with Crippen LogP contribution in [0, 0.1) is 0 Å². The first-order valence-electron chi connectivity index (χ1n) is 7.27. The molecule has 0 aromatic heterocycles. The third-order valence-electron chi connectivity index (χ3n) is 3.39. The summed E-state index contributed by atoms with van der Waals surface area (Å²) in [4.78, 5) is 14.2. The number of rotatable bonds is 6. The first kappa shape index (κ1) is 17.1. The van der Waals surface area contributed by atoms with Crippen LogP contribution in [0.15, 0.2) is 53.0 Å². The van der Waals surface area contributed by atoms with E-state index in [1.165, 1.54) is 5.56 Å². The fraction of sp³-hybridized carbons (Fsp3) is 0.278. The Bertz CT molecular complexity index is 627. The molecular weight excluding hydrogens is 358 g/mol. The summed E-state index contributed by atoms with van der Waals surface area (Å²) in [7, 11) is 1.84. The summed E-state index contributed by atoms with van der Waals surface area (Å²) in [6.45, 7) is 2.74. The van der Waals surface area contributed by atoms with E-state index < -0.39 is 0 Å². The standard InChI is InChI=1S/C18H20BrNOS/c1-3-22-13-14-8-10-15(11-9-14)18(21)20(2)12-16-6-4-5-7-17(16)19/h4-11H,3,12-13H2,1-2H3. The van der Waals surface area contributed by atoms with Crippen molar-refractivity contribution >= 4 is 33.6 Å². The minimum absolute atomic E-state index is 0.0467. The van der Waals surface area contributed by atoms with Crippen molar-refractivity contribution < 1.29 is 4.79 Å². The van der Waals surface area contributed by atoms with Gasteiger partial charge in [0.2, 0.25) is 0 Å². The van der Waals surface area contributed by atoms with Crippen LogP contribution in [0.2, 0.25) is 0 Å². The molecule has 116 valence electrons. The van der Waals surface area contributed by atoms with Gasteiger partial charge in [0.25, 0.3) is 5.91 Å². The topological polar surface area (TPSA) is 20.3 Å². The number of carbonyl (C=O) groups excluding carboxylic acids is 1. The molecule has 0 fully saturated rings. The van der Waals surface area contributed by atoms with Gasteiger partial charge in [-0.05, 0) is 35.1 Å². The maximum absolute atomic E-state index is 12.5. The summed E-state index contributed by atoms with van der Waals surface area (Å²) in [5, 5.41) is 0. The number of halogens is 1. The van der Waals surface area contributed by atoms with Crippen molar-refractivity contribution in [2.45, 2.75) is 19.2 Å². The van der Waals surface area contributed by atoms with E-state index in [1.807, 2.05) is 67.3 Å². The molecular formula is C18H20BrNOS. The smallest absolute Gasteiger partial charge is 0.253 e. The molecule has 0 saturated carbocycles. The maximum Gasteiger partial charge on any atom is 0.253 e. The summed E-state index contributed by atoms with van der Waals surface area (Å²) in [6, 6.07) is 15.9. The van der Waals surface area contributed by atoms with Crippen LogP contribution in [0.1, 0.15) is 28.4 Å². The molecule has 0 saturated heterocycles. The third kappa shape index (κ3) is 4.62. The number of benzene rings is 2. The van der Waals surface area contributed by atoms with Crippen molar-refractivity contribution in [3.63, 3.8) is 0 Å². The van der Waals surface area contributed by atoms with Crippen LogP contribution in [0.25, 0.3) is 0 Å². The second kappa shape index (κ2) is 8.39. The van der Waals surface area contributed by atoms with Gasteiger partial charge in [-0.15, -0.1) is 0 Å². The van der Waals surface area contributed by atoms with E-state index in [9.17, 15) is 4.79 Å². The van der Waals surface area contributed by atoms with Crippen LogP contribution in [0.5, 0.6) is 0 Å². The van der Waals surface area contributed by atoms with Crippen molar-refractivity contribution in [1.82, 2.24) is 4.90 Å². The zero-order chi connectivity index (χ0) is 15.9. The molecule has 1 amide bonds. The summed E-state index contributed by atoms with van der Waals surface area (Å²) in [6.07, 6.45) is 0. The van der Waals surface area contributed by atoms with Crippen LogP contribution in [0.4, 0.5) is 0 Å². The molecule has 0 aliphatic carbocycles. The molecule has 22 heavy (non-hydrogen) atoms. The Hall–Kier alpha value is -1.26. The second-order valence-corrected chi connectivity index (χ2v) is 7.22. The first-order valence-corrected chi connectivity index (χ1v) is 9.22. The van der Waals surface area contributed by atoms with Crippen LogP contribution in [-0.2, 0) is 12.3 Å². The molecule has 0 atom stereocenters. The van der Waals surface area contributed by atoms with Gasteiger partial charge in [-0.2, -0.15) is 11.8 Å². The van der Waals surface area contributed by atoms with E-state index in [0.29, 0.717) is 6.54 Å². The Morgan fingerprint density at radius 2 is 1.82 bits per heavy atom. The predicted octanol–water partition coefficient (Wildman–Crippen LogP) is 4.97. The number of amides is 1. The molecule has 0 unspecified atom stereocenters. The van der Waals surface area contributed by atoms with Crippen molar-refractivity contribution in [2.24, 2.45) is 0 Å². The molecule has 0 N–H and O–H groups in total. The Morgan fingerprint density at radius 1 is 1.14 bits per heavy atom. The molecule has 0 radical (unpaired) electrons. The molecule has 0 bridgehead atoms. The minimum atomic E-state index is 0.0467. The van der Waals surface area contributed by atoms with Crippen LogP contribution >= 0.6 is 27.7 Å². The second-order valence-electron chi connectivity index (χ2n) is 5.09. The lowest BCUT2D eigenvalue weighted by atomic mass is 10.1. The molecule has 0 heterocycles. The van der Waals surface area contributed by atoms with Gasteiger partial charge in [0, 0.05) is 29.4 Å². The number of thioether (sulfide) groups is 1. The molecule has 2 rings (SSSR count). The van der Waals surface area contributed by atoms with Gasteiger partial charge in [0.15, 0.2) is 0 Å². The summed E-state index contributed by atoms with van der Waals surface area (Å²) >= 11 is 5.41. The first-order chi connectivity index (χ1) is 10.6. The molecule has 0 aliphatic rings. The largest absolute Gasteiger partial charge is 0.337 e. The molecule has 2 aromatic carbocycles. The fourth-order valence-corrected chi connectivity index (χ4v) is 3.18.